The second kappa shape index (κ2) is 5.45. The Morgan fingerprint density at radius 2 is 2.22 bits per heavy atom. The number of nitrogens with zero attached hydrogens (tertiary/aromatic N) is 3. The fraction of sp³-hybridized carbons (Fsp3) is 0.727. The molecule has 1 heterocycles. The summed E-state index contributed by atoms with van der Waals surface area (Å²) in [5, 5.41) is 26.6. The number of aliphatic hydroxyl groups excluding tert-OH is 1. The van der Waals surface area contributed by atoms with E-state index in [1.807, 2.05) is 0 Å². The molecule has 1 fully saturated rings. The highest BCUT2D eigenvalue weighted by Gasteiger charge is 2.30. The van der Waals surface area contributed by atoms with Gasteiger partial charge in [0.2, 0.25) is 0 Å². The van der Waals surface area contributed by atoms with E-state index in [1.54, 1.807) is 0 Å². The summed E-state index contributed by atoms with van der Waals surface area (Å²) in [7, 11) is 1.49. The van der Waals surface area contributed by atoms with Crippen molar-refractivity contribution in [2.75, 3.05) is 7.11 Å². The molecule has 1 aliphatic carbocycles. The van der Waals surface area contributed by atoms with Crippen molar-refractivity contribution in [1.29, 1.82) is 0 Å². The highest BCUT2D eigenvalue weighted by molar-refractivity contribution is 5.86. The van der Waals surface area contributed by atoms with Gasteiger partial charge in [-0.05, 0) is 12.8 Å². The Hall–Kier alpha value is -1.47. The number of carboxylic acids is 1. The highest BCUT2D eigenvalue weighted by atomic mass is 16.5. The zero-order chi connectivity index (χ0) is 13.1. The van der Waals surface area contributed by atoms with Crippen LogP contribution in [-0.2, 0) is 11.3 Å². The predicted molar refractivity (Wildman–Crippen MR) is 61.2 cm³/mol. The molecule has 0 amide bonds. The van der Waals surface area contributed by atoms with Gasteiger partial charge < -0.3 is 14.9 Å². The van der Waals surface area contributed by atoms with E-state index >= 15 is 0 Å². The first-order valence-corrected chi connectivity index (χ1v) is 5.99. The van der Waals surface area contributed by atoms with Crippen molar-refractivity contribution < 1.29 is 19.7 Å². The summed E-state index contributed by atoms with van der Waals surface area (Å²) in [4.78, 5) is 11.0. The molecule has 7 nitrogen and oxygen atoms in total. The number of hydrogen-bond donors (Lipinski definition) is 2. The molecule has 2 atom stereocenters. The van der Waals surface area contributed by atoms with E-state index in [0.29, 0.717) is 12.1 Å². The molecule has 1 aromatic heterocycles. The maximum Gasteiger partial charge on any atom is 0.358 e. The number of aromatic carboxylic acids is 1. The zero-order valence-electron chi connectivity index (χ0n) is 10.2. The normalized spacial score (nSPS) is 24.1. The van der Waals surface area contributed by atoms with E-state index in [9.17, 15) is 9.90 Å². The highest BCUT2D eigenvalue weighted by Crippen LogP contribution is 2.29. The average Bonchev–Trinajstić information content (AvgIpc) is 2.74. The van der Waals surface area contributed by atoms with E-state index in [1.165, 1.54) is 11.8 Å². The summed E-state index contributed by atoms with van der Waals surface area (Å²) >= 11 is 0. The second-order valence-corrected chi connectivity index (χ2v) is 4.49. The third-order valence-electron chi connectivity index (χ3n) is 3.28. The van der Waals surface area contributed by atoms with E-state index in [2.05, 4.69) is 10.3 Å². The maximum absolute atomic E-state index is 11.0. The minimum atomic E-state index is -1.13. The smallest absolute Gasteiger partial charge is 0.358 e. The molecule has 2 N–H and O–H groups in total. The lowest BCUT2D eigenvalue weighted by Gasteiger charge is -2.28. The largest absolute Gasteiger partial charge is 0.476 e. The Balaban J connectivity index is 2.34. The van der Waals surface area contributed by atoms with Gasteiger partial charge in [0.25, 0.3) is 0 Å². The maximum atomic E-state index is 11.0. The lowest BCUT2D eigenvalue weighted by molar-refractivity contribution is 0.0617. The molecule has 0 aromatic carbocycles. The van der Waals surface area contributed by atoms with Crippen molar-refractivity contribution in [2.45, 2.75) is 44.4 Å². The molecule has 1 aromatic rings. The number of hydrogen-bond acceptors (Lipinski definition) is 5. The van der Waals surface area contributed by atoms with Gasteiger partial charge >= 0.3 is 5.97 Å². The number of carboxylic acid groups (broad SMARTS) is 1. The van der Waals surface area contributed by atoms with Gasteiger partial charge in [-0.3, -0.25) is 0 Å². The quantitative estimate of drug-likeness (QED) is 0.817. The summed E-state index contributed by atoms with van der Waals surface area (Å²) < 4.78 is 6.51. The van der Waals surface area contributed by atoms with Crippen LogP contribution >= 0.6 is 0 Å². The van der Waals surface area contributed by atoms with E-state index in [4.69, 9.17) is 9.84 Å². The van der Waals surface area contributed by atoms with Crippen molar-refractivity contribution >= 4 is 5.97 Å². The van der Waals surface area contributed by atoms with Gasteiger partial charge in [-0.15, -0.1) is 5.10 Å². The first-order valence-electron chi connectivity index (χ1n) is 5.99. The Kier molecular flexibility index (Phi) is 3.93. The summed E-state index contributed by atoms with van der Waals surface area (Å²) in [6, 6.07) is -0.204. The van der Waals surface area contributed by atoms with Crippen molar-refractivity contribution in [3.8, 4) is 0 Å². The molecular formula is C11H17N3O4. The predicted octanol–water partition coefficient (Wildman–Crippen LogP) is 0.599. The van der Waals surface area contributed by atoms with Crippen LogP contribution in [0.15, 0.2) is 0 Å². The SMILES string of the molecule is COCc1c(C(=O)O)nnn1C1CCCCC1O. The van der Waals surface area contributed by atoms with Crippen LogP contribution in [0.4, 0.5) is 0 Å². The van der Waals surface area contributed by atoms with Crippen molar-refractivity contribution in [1.82, 2.24) is 15.0 Å². The zero-order valence-corrected chi connectivity index (χ0v) is 10.2. The minimum Gasteiger partial charge on any atom is -0.476 e. The third kappa shape index (κ3) is 2.37. The van der Waals surface area contributed by atoms with Gasteiger partial charge in [0, 0.05) is 7.11 Å². The van der Waals surface area contributed by atoms with Gasteiger partial charge in [-0.25, -0.2) is 9.48 Å². The molecule has 100 valence electrons. The Labute approximate surface area is 104 Å². The molecule has 2 rings (SSSR count). The fourth-order valence-corrected chi connectivity index (χ4v) is 2.39. The molecular weight excluding hydrogens is 238 g/mol. The number of aromatic nitrogens is 3. The summed E-state index contributed by atoms with van der Waals surface area (Å²) in [5.41, 5.74) is 0.311. The molecule has 7 heteroatoms. The number of aliphatic hydroxyl groups is 1. The molecule has 0 saturated heterocycles. The van der Waals surface area contributed by atoms with Gasteiger partial charge in [-0.1, -0.05) is 18.1 Å². The lowest BCUT2D eigenvalue weighted by Crippen LogP contribution is -2.29. The third-order valence-corrected chi connectivity index (χ3v) is 3.28. The number of ether oxygens (including phenoxy) is 1. The summed E-state index contributed by atoms with van der Waals surface area (Å²) in [6.45, 7) is 0.123. The van der Waals surface area contributed by atoms with Crippen molar-refractivity contribution in [2.24, 2.45) is 0 Å². The van der Waals surface area contributed by atoms with Crippen molar-refractivity contribution in [3.63, 3.8) is 0 Å². The monoisotopic (exact) mass is 255 g/mol. The van der Waals surface area contributed by atoms with E-state index in [-0.39, 0.29) is 18.3 Å². The van der Waals surface area contributed by atoms with Crippen LogP contribution < -0.4 is 0 Å². The summed E-state index contributed by atoms with van der Waals surface area (Å²) in [5.74, 6) is -1.13. The molecule has 0 aliphatic heterocycles. The Bertz CT molecular complexity index is 432. The van der Waals surface area contributed by atoms with Crippen molar-refractivity contribution in [3.05, 3.63) is 11.4 Å². The Morgan fingerprint density at radius 3 is 2.83 bits per heavy atom. The van der Waals surface area contributed by atoms with Crippen LogP contribution in [-0.4, -0.2) is 44.4 Å². The van der Waals surface area contributed by atoms with Gasteiger partial charge in [-0.2, -0.15) is 0 Å². The standard InChI is InChI=1S/C11H17N3O4/c1-18-6-8-10(11(16)17)12-13-14(8)7-4-2-3-5-9(7)15/h7,9,15H,2-6H2,1H3,(H,16,17). The van der Waals surface area contributed by atoms with Crippen LogP contribution in [0.5, 0.6) is 0 Å². The molecule has 0 spiro atoms. The molecule has 18 heavy (non-hydrogen) atoms. The van der Waals surface area contributed by atoms with Crippen LogP contribution in [0.3, 0.4) is 0 Å². The van der Waals surface area contributed by atoms with Crippen LogP contribution in [0, 0.1) is 0 Å². The first kappa shape index (κ1) is 13.0. The van der Waals surface area contributed by atoms with Gasteiger partial charge in [0.05, 0.1) is 24.4 Å². The van der Waals surface area contributed by atoms with E-state index < -0.39 is 12.1 Å². The Morgan fingerprint density at radius 1 is 1.50 bits per heavy atom. The minimum absolute atomic E-state index is 0.102. The van der Waals surface area contributed by atoms with E-state index in [0.717, 1.165) is 19.3 Å². The molecule has 2 unspecified atom stereocenters. The number of carbonyl (C=O) groups is 1. The second-order valence-electron chi connectivity index (χ2n) is 4.49. The molecule has 1 saturated carbocycles. The summed E-state index contributed by atoms with van der Waals surface area (Å²) in [6.07, 6.45) is 2.96. The van der Waals surface area contributed by atoms with Crippen LogP contribution in [0.1, 0.15) is 47.9 Å². The number of rotatable bonds is 4. The lowest BCUT2D eigenvalue weighted by atomic mass is 9.92. The fourth-order valence-electron chi connectivity index (χ4n) is 2.39. The first-order chi connectivity index (χ1) is 8.65. The van der Waals surface area contributed by atoms with Gasteiger partial charge in [0.15, 0.2) is 5.69 Å². The van der Waals surface area contributed by atoms with Gasteiger partial charge in [0.1, 0.15) is 0 Å². The molecule has 0 radical (unpaired) electrons. The molecule has 1 aliphatic rings. The topological polar surface area (TPSA) is 97.5 Å². The molecule has 0 bridgehead atoms. The van der Waals surface area contributed by atoms with Crippen LogP contribution in [0.2, 0.25) is 0 Å². The average molecular weight is 255 g/mol. The number of methoxy groups -OCH3 is 1. The van der Waals surface area contributed by atoms with Crippen LogP contribution in [0.25, 0.3) is 0 Å².